The molecule has 132 valence electrons. The SMILES string of the molecule is Cc1cc(=O)n(C)cc1NC(=O)c1cc(C)c(OCC(=O)O)c(C)c1. The average Bonchev–Trinajstić information content (AvgIpc) is 2.51. The number of anilines is 1. The van der Waals surface area contributed by atoms with Crippen LogP contribution < -0.4 is 15.6 Å². The normalized spacial score (nSPS) is 10.4. The molecule has 0 atom stereocenters. The van der Waals surface area contributed by atoms with Crippen LogP contribution in [-0.4, -0.2) is 28.2 Å². The van der Waals surface area contributed by atoms with Crippen LogP contribution in [0.4, 0.5) is 5.69 Å². The van der Waals surface area contributed by atoms with Crippen molar-refractivity contribution in [2.75, 3.05) is 11.9 Å². The maximum absolute atomic E-state index is 12.5. The van der Waals surface area contributed by atoms with Crippen molar-refractivity contribution in [2.24, 2.45) is 7.05 Å². The summed E-state index contributed by atoms with van der Waals surface area (Å²) in [6.07, 6.45) is 1.57. The molecule has 0 aliphatic rings. The second-order valence-corrected chi connectivity index (χ2v) is 5.89. The molecule has 2 rings (SSSR count). The number of hydrogen-bond donors (Lipinski definition) is 2. The van der Waals surface area contributed by atoms with Gasteiger partial charge in [0.1, 0.15) is 5.75 Å². The predicted octanol–water partition coefficient (Wildman–Crippen LogP) is 2.03. The minimum Gasteiger partial charge on any atom is -0.481 e. The summed E-state index contributed by atoms with van der Waals surface area (Å²) >= 11 is 0. The number of benzene rings is 1. The van der Waals surface area contributed by atoms with Crippen LogP contribution in [0.2, 0.25) is 0 Å². The van der Waals surface area contributed by atoms with Crippen molar-refractivity contribution in [3.63, 3.8) is 0 Å². The lowest BCUT2D eigenvalue weighted by Crippen LogP contribution is -2.20. The van der Waals surface area contributed by atoms with E-state index in [1.807, 2.05) is 0 Å². The number of nitrogens with one attached hydrogen (secondary N) is 1. The van der Waals surface area contributed by atoms with E-state index in [2.05, 4.69) is 5.32 Å². The number of carbonyl (C=O) groups excluding carboxylic acids is 1. The summed E-state index contributed by atoms with van der Waals surface area (Å²) in [7, 11) is 1.61. The fraction of sp³-hybridized carbons (Fsp3) is 0.278. The summed E-state index contributed by atoms with van der Waals surface area (Å²) in [6, 6.07) is 4.72. The summed E-state index contributed by atoms with van der Waals surface area (Å²) in [5.41, 5.74) is 2.83. The maximum atomic E-state index is 12.5. The Balaban J connectivity index is 2.27. The number of carboxylic acids is 1. The van der Waals surface area contributed by atoms with Gasteiger partial charge in [0, 0.05) is 24.9 Å². The van der Waals surface area contributed by atoms with Crippen LogP contribution in [0.25, 0.3) is 0 Å². The smallest absolute Gasteiger partial charge is 0.341 e. The lowest BCUT2D eigenvalue weighted by atomic mass is 10.0. The van der Waals surface area contributed by atoms with Gasteiger partial charge in [-0.2, -0.15) is 0 Å². The van der Waals surface area contributed by atoms with Gasteiger partial charge < -0.3 is 19.7 Å². The highest BCUT2D eigenvalue weighted by Crippen LogP contribution is 2.25. The van der Waals surface area contributed by atoms with Gasteiger partial charge in [0.2, 0.25) is 0 Å². The number of hydrogen-bond acceptors (Lipinski definition) is 4. The Morgan fingerprint density at radius 3 is 2.28 bits per heavy atom. The van der Waals surface area contributed by atoms with Gasteiger partial charge >= 0.3 is 5.97 Å². The standard InChI is InChI=1S/C18H20N2O5/c1-10-7-15(21)20(4)8-14(10)19-18(24)13-5-11(2)17(12(3)6-13)25-9-16(22)23/h5-8H,9H2,1-4H3,(H,19,24)(H,22,23). The molecular formula is C18H20N2O5. The van der Waals surface area contributed by atoms with Crippen molar-refractivity contribution in [2.45, 2.75) is 20.8 Å². The van der Waals surface area contributed by atoms with Crippen molar-refractivity contribution >= 4 is 17.6 Å². The fourth-order valence-electron chi connectivity index (χ4n) is 2.49. The largest absolute Gasteiger partial charge is 0.481 e. The Labute approximate surface area is 144 Å². The number of aryl methyl sites for hydroxylation is 4. The minimum absolute atomic E-state index is 0.151. The van der Waals surface area contributed by atoms with Crippen molar-refractivity contribution in [1.82, 2.24) is 4.57 Å². The van der Waals surface area contributed by atoms with E-state index in [4.69, 9.17) is 9.84 Å². The van der Waals surface area contributed by atoms with Gasteiger partial charge in [0.25, 0.3) is 11.5 Å². The first-order valence-corrected chi connectivity index (χ1v) is 7.63. The zero-order valence-corrected chi connectivity index (χ0v) is 14.5. The number of ether oxygens (including phenoxy) is 1. The number of aromatic nitrogens is 1. The van der Waals surface area contributed by atoms with Crippen LogP contribution in [0, 0.1) is 20.8 Å². The van der Waals surface area contributed by atoms with E-state index in [0.717, 1.165) is 0 Å². The molecule has 0 fully saturated rings. The molecule has 1 aromatic heterocycles. The highest BCUT2D eigenvalue weighted by atomic mass is 16.5. The molecule has 1 aromatic carbocycles. The number of carbonyl (C=O) groups is 2. The predicted molar refractivity (Wildman–Crippen MR) is 93.4 cm³/mol. The lowest BCUT2D eigenvalue weighted by molar-refractivity contribution is -0.139. The summed E-state index contributed by atoms with van der Waals surface area (Å²) < 4.78 is 6.65. The number of rotatable bonds is 5. The zero-order chi connectivity index (χ0) is 18.7. The molecule has 2 N–H and O–H groups in total. The maximum Gasteiger partial charge on any atom is 0.341 e. The first-order chi connectivity index (χ1) is 11.7. The Bertz CT molecular complexity index is 876. The third kappa shape index (κ3) is 4.26. The molecular weight excluding hydrogens is 324 g/mol. The molecule has 0 bridgehead atoms. The third-order valence-corrected chi connectivity index (χ3v) is 3.75. The molecule has 0 aliphatic carbocycles. The molecule has 0 spiro atoms. The van der Waals surface area contributed by atoms with Crippen molar-refractivity contribution < 1.29 is 19.4 Å². The first kappa shape index (κ1) is 18.3. The topological polar surface area (TPSA) is 97.6 Å². The quantitative estimate of drug-likeness (QED) is 0.865. The van der Waals surface area contributed by atoms with E-state index in [1.165, 1.54) is 10.6 Å². The highest BCUT2D eigenvalue weighted by Gasteiger charge is 2.14. The van der Waals surface area contributed by atoms with Gasteiger partial charge in [0.05, 0.1) is 5.69 Å². The van der Waals surface area contributed by atoms with Gasteiger partial charge in [0.15, 0.2) is 6.61 Å². The number of amides is 1. The van der Waals surface area contributed by atoms with E-state index < -0.39 is 12.6 Å². The molecule has 0 aliphatic heterocycles. The van der Waals surface area contributed by atoms with Gasteiger partial charge in [-0.15, -0.1) is 0 Å². The molecule has 2 aromatic rings. The van der Waals surface area contributed by atoms with E-state index in [-0.39, 0.29) is 11.5 Å². The molecule has 0 radical (unpaired) electrons. The first-order valence-electron chi connectivity index (χ1n) is 7.63. The van der Waals surface area contributed by atoms with Crippen LogP contribution in [0.5, 0.6) is 5.75 Å². The average molecular weight is 344 g/mol. The number of carboxylic acid groups (broad SMARTS) is 1. The van der Waals surface area contributed by atoms with Crippen LogP contribution in [0.1, 0.15) is 27.0 Å². The van der Waals surface area contributed by atoms with Crippen LogP contribution >= 0.6 is 0 Å². The molecule has 1 amide bonds. The van der Waals surface area contributed by atoms with E-state index in [9.17, 15) is 14.4 Å². The van der Waals surface area contributed by atoms with Crippen LogP contribution in [-0.2, 0) is 11.8 Å². The highest BCUT2D eigenvalue weighted by molar-refractivity contribution is 6.05. The van der Waals surface area contributed by atoms with E-state index in [1.54, 1.807) is 46.1 Å². The lowest BCUT2D eigenvalue weighted by Gasteiger charge is -2.14. The van der Waals surface area contributed by atoms with Crippen LogP contribution in [0.15, 0.2) is 29.2 Å². The Hall–Kier alpha value is -3.09. The molecule has 25 heavy (non-hydrogen) atoms. The number of pyridine rings is 1. The van der Waals surface area contributed by atoms with Crippen molar-refractivity contribution in [3.05, 3.63) is 57.0 Å². The van der Waals surface area contributed by atoms with Gasteiger partial charge in [-0.1, -0.05) is 0 Å². The molecule has 7 nitrogen and oxygen atoms in total. The third-order valence-electron chi connectivity index (χ3n) is 3.75. The number of nitrogens with zero attached hydrogens (tertiary/aromatic N) is 1. The van der Waals surface area contributed by atoms with Gasteiger partial charge in [-0.25, -0.2) is 4.79 Å². The van der Waals surface area contributed by atoms with E-state index in [0.29, 0.717) is 33.7 Å². The van der Waals surface area contributed by atoms with Gasteiger partial charge in [-0.05, 0) is 49.6 Å². The Kier molecular flexibility index (Phi) is 5.26. The van der Waals surface area contributed by atoms with Crippen LogP contribution in [0.3, 0.4) is 0 Å². The van der Waals surface area contributed by atoms with E-state index >= 15 is 0 Å². The number of aliphatic carboxylic acids is 1. The monoisotopic (exact) mass is 344 g/mol. The molecule has 0 saturated carbocycles. The summed E-state index contributed by atoms with van der Waals surface area (Å²) in [6.45, 7) is 4.80. The molecule has 0 saturated heterocycles. The Morgan fingerprint density at radius 1 is 1.12 bits per heavy atom. The van der Waals surface area contributed by atoms with Crippen molar-refractivity contribution in [1.29, 1.82) is 0 Å². The second-order valence-electron chi connectivity index (χ2n) is 5.89. The molecule has 1 heterocycles. The van der Waals surface area contributed by atoms with Gasteiger partial charge in [-0.3, -0.25) is 9.59 Å². The Morgan fingerprint density at radius 2 is 1.72 bits per heavy atom. The summed E-state index contributed by atoms with van der Waals surface area (Å²) in [4.78, 5) is 34.7. The van der Waals surface area contributed by atoms with Crippen molar-refractivity contribution in [3.8, 4) is 5.75 Å². The zero-order valence-electron chi connectivity index (χ0n) is 14.5. The minimum atomic E-state index is -1.06. The summed E-state index contributed by atoms with van der Waals surface area (Å²) in [5.74, 6) is -0.930. The summed E-state index contributed by atoms with van der Waals surface area (Å²) in [5, 5.41) is 11.5. The second kappa shape index (κ2) is 7.21. The fourth-order valence-corrected chi connectivity index (χ4v) is 2.49. The molecule has 0 unspecified atom stereocenters. The molecule has 7 heteroatoms.